The molecular weight excluding hydrogens is 472 g/mol. The van der Waals surface area contributed by atoms with E-state index in [2.05, 4.69) is 31.5 Å². The van der Waals surface area contributed by atoms with Crippen molar-refractivity contribution in [2.75, 3.05) is 59.6 Å². The van der Waals surface area contributed by atoms with Crippen molar-refractivity contribution >= 4 is 33.7 Å². The number of nitrogens with one attached hydrogen (secondary N) is 2. The number of carbonyl (C=O) groups is 3. The number of aliphatic hydroxyl groups excluding tert-OH is 1. The Kier molecular flexibility index (Phi) is 6.87. The lowest BCUT2D eigenvalue weighted by molar-refractivity contribution is -0.142. The number of carbonyl (C=O) groups excluding carboxylic acids is 3. The van der Waals surface area contributed by atoms with Gasteiger partial charge in [0, 0.05) is 51.2 Å². The van der Waals surface area contributed by atoms with Crippen molar-refractivity contribution in [1.29, 1.82) is 0 Å². The van der Waals surface area contributed by atoms with E-state index in [1.165, 1.54) is 4.90 Å². The first-order valence-corrected chi connectivity index (χ1v) is 11.9. The molecule has 6 atom stereocenters. The number of ether oxygens (including phenoxy) is 2. The first-order valence-electron chi connectivity index (χ1n) is 11.0. The predicted molar refractivity (Wildman–Crippen MR) is 113 cm³/mol. The Hall–Kier alpha value is -1.27. The van der Waals surface area contributed by atoms with Crippen LogP contribution in [0.25, 0.3) is 0 Å². The van der Waals surface area contributed by atoms with Crippen molar-refractivity contribution in [3.05, 3.63) is 0 Å². The van der Waals surface area contributed by atoms with Gasteiger partial charge in [0.05, 0.1) is 31.2 Å². The molecule has 4 rings (SSSR count). The Labute approximate surface area is 190 Å². The van der Waals surface area contributed by atoms with Gasteiger partial charge in [-0.05, 0) is 12.8 Å². The number of fused-ring (bicyclic) bond motifs is 1. The molecule has 3 N–H and O–H groups in total. The van der Waals surface area contributed by atoms with E-state index in [0.29, 0.717) is 39.1 Å². The predicted octanol–water partition coefficient (Wildman–Crippen LogP) is -1.69. The second kappa shape index (κ2) is 9.30. The van der Waals surface area contributed by atoms with E-state index in [1.807, 2.05) is 0 Å². The van der Waals surface area contributed by atoms with Crippen molar-refractivity contribution in [1.82, 2.24) is 20.4 Å². The lowest BCUT2D eigenvalue weighted by atomic mass is 9.70. The first kappa shape index (κ1) is 22.9. The molecule has 0 aromatic heterocycles. The highest BCUT2D eigenvalue weighted by molar-refractivity contribution is 9.09. The van der Waals surface area contributed by atoms with Gasteiger partial charge in [-0.2, -0.15) is 0 Å². The fourth-order valence-electron chi connectivity index (χ4n) is 5.64. The number of hydrogen-bond donors (Lipinski definition) is 3. The third-order valence-corrected chi connectivity index (χ3v) is 7.82. The third kappa shape index (κ3) is 3.88. The minimum absolute atomic E-state index is 0.0871. The molecule has 11 heteroatoms. The third-order valence-electron chi connectivity index (χ3n) is 6.97. The van der Waals surface area contributed by atoms with Gasteiger partial charge < -0.3 is 30.1 Å². The average molecular weight is 503 g/mol. The lowest BCUT2D eigenvalue weighted by Gasteiger charge is -2.34. The zero-order valence-corrected chi connectivity index (χ0v) is 19.3. The van der Waals surface area contributed by atoms with Gasteiger partial charge in [0.2, 0.25) is 17.7 Å². The summed E-state index contributed by atoms with van der Waals surface area (Å²) in [5.41, 5.74) is -1.04. The maximum atomic E-state index is 13.4. The summed E-state index contributed by atoms with van der Waals surface area (Å²) in [5.74, 6) is -2.08. The molecule has 0 aromatic rings. The SMILES string of the molecule is CNC(=O)[C@H]1[C@H]2C(=O)N(CCCO)C(C(=O)NCCN3CCOCC3)C23CC(Br)[C@@H]1O3. The fourth-order valence-corrected chi connectivity index (χ4v) is 6.58. The zero-order chi connectivity index (χ0) is 22.2. The lowest BCUT2D eigenvalue weighted by Crippen LogP contribution is -2.56. The van der Waals surface area contributed by atoms with Gasteiger partial charge in [-0.15, -0.1) is 0 Å². The molecule has 2 bridgehead atoms. The summed E-state index contributed by atoms with van der Waals surface area (Å²) in [6.45, 7) is 4.35. The summed E-state index contributed by atoms with van der Waals surface area (Å²) in [5, 5.41) is 15.0. The molecule has 174 valence electrons. The van der Waals surface area contributed by atoms with E-state index >= 15 is 0 Å². The molecule has 4 saturated heterocycles. The van der Waals surface area contributed by atoms with Crippen molar-refractivity contribution in [3.63, 3.8) is 0 Å². The molecule has 0 aliphatic carbocycles. The van der Waals surface area contributed by atoms with E-state index in [0.717, 1.165) is 13.1 Å². The Balaban J connectivity index is 1.54. The van der Waals surface area contributed by atoms with Gasteiger partial charge in [-0.3, -0.25) is 19.3 Å². The fraction of sp³-hybridized carbons (Fsp3) is 0.850. The van der Waals surface area contributed by atoms with Crippen molar-refractivity contribution in [2.24, 2.45) is 11.8 Å². The summed E-state index contributed by atoms with van der Waals surface area (Å²) in [6.07, 6.45) is 0.397. The number of aliphatic hydroxyl groups is 1. The molecule has 4 fully saturated rings. The number of alkyl halides is 1. The smallest absolute Gasteiger partial charge is 0.245 e. The molecule has 0 saturated carbocycles. The van der Waals surface area contributed by atoms with Crippen LogP contribution < -0.4 is 10.6 Å². The summed E-state index contributed by atoms with van der Waals surface area (Å²) in [6, 6.07) is -0.819. The highest BCUT2D eigenvalue weighted by atomic mass is 79.9. The molecule has 3 unspecified atom stereocenters. The van der Waals surface area contributed by atoms with Crippen LogP contribution in [0.15, 0.2) is 0 Å². The second-order valence-corrected chi connectivity index (χ2v) is 9.81. The number of nitrogens with zero attached hydrogens (tertiary/aromatic N) is 2. The maximum Gasteiger partial charge on any atom is 0.245 e. The van der Waals surface area contributed by atoms with Crippen LogP contribution in [0.2, 0.25) is 0 Å². The van der Waals surface area contributed by atoms with Crippen LogP contribution in [0.5, 0.6) is 0 Å². The van der Waals surface area contributed by atoms with E-state index in [9.17, 15) is 19.5 Å². The standard InChI is InChI=1S/C20H31BrN4O6/c1-22-17(27)13-14-19(29)25(4-2-8-26)16(20(14)11-12(21)15(13)31-20)18(28)23-3-5-24-6-9-30-10-7-24/h12-16,26H,2-11H2,1H3,(H,22,27)(H,23,28)/t12?,13-,14-,15-,16?,20?/m0/s1. The van der Waals surface area contributed by atoms with Gasteiger partial charge >= 0.3 is 0 Å². The van der Waals surface area contributed by atoms with Crippen molar-refractivity contribution in [3.8, 4) is 0 Å². The van der Waals surface area contributed by atoms with Crippen molar-refractivity contribution < 1.29 is 29.0 Å². The first-order chi connectivity index (χ1) is 14.9. The van der Waals surface area contributed by atoms with E-state index in [1.54, 1.807) is 7.05 Å². The van der Waals surface area contributed by atoms with Crippen LogP contribution in [0, 0.1) is 11.8 Å². The number of rotatable bonds is 8. The maximum absolute atomic E-state index is 13.4. The Morgan fingerprint density at radius 1 is 1.26 bits per heavy atom. The van der Waals surface area contributed by atoms with Crippen molar-refractivity contribution in [2.45, 2.75) is 35.4 Å². The van der Waals surface area contributed by atoms with Crippen LogP contribution in [-0.2, 0) is 23.9 Å². The molecule has 10 nitrogen and oxygen atoms in total. The Bertz CT molecular complexity index is 720. The van der Waals surface area contributed by atoms with Crippen LogP contribution in [0.3, 0.4) is 0 Å². The zero-order valence-electron chi connectivity index (χ0n) is 17.7. The molecule has 3 amide bonds. The van der Waals surface area contributed by atoms with Crippen LogP contribution in [0.4, 0.5) is 0 Å². The highest BCUT2D eigenvalue weighted by Crippen LogP contribution is 2.59. The van der Waals surface area contributed by atoms with Crippen LogP contribution >= 0.6 is 15.9 Å². The molecule has 4 heterocycles. The number of likely N-dealkylation sites (tertiary alicyclic amines) is 1. The number of halogens is 1. The molecule has 0 aromatic carbocycles. The number of morpholine rings is 1. The van der Waals surface area contributed by atoms with Gasteiger partial charge in [0.15, 0.2) is 0 Å². The van der Waals surface area contributed by atoms with E-state index < -0.39 is 29.6 Å². The Morgan fingerprint density at radius 2 is 2.00 bits per heavy atom. The molecule has 4 aliphatic heterocycles. The monoisotopic (exact) mass is 502 g/mol. The van der Waals surface area contributed by atoms with Crippen LogP contribution in [0.1, 0.15) is 12.8 Å². The topological polar surface area (TPSA) is 120 Å². The minimum Gasteiger partial charge on any atom is -0.396 e. The molecule has 1 spiro atoms. The number of amides is 3. The molecular formula is C20H31BrN4O6. The Morgan fingerprint density at radius 3 is 2.68 bits per heavy atom. The van der Waals surface area contributed by atoms with Gasteiger partial charge in [0.25, 0.3) is 0 Å². The van der Waals surface area contributed by atoms with Gasteiger partial charge in [-0.25, -0.2) is 0 Å². The minimum atomic E-state index is -1.04. The molecule has 0 radical (unpaired) electrons. The van der Waals surface area contributed by atoms with E-state index in [-0.39, 0.29) is 35.7 Å². The average Bonchev–Trinajstić information content (AvgIpc) is 3.35. The largest absolute Gasteiger partial charge is 0.396 e. The second-order valence-electron chi connectivity index (χ2n) is 8.63. The molecule has 4 aliphatic rings. The summed E-state index contributed by atoms with van der Waals surface area (Å²) < 4.78 is 11.7. The number of hydrogen-bond acceptors (Lipinski definition) is 7. The van der Waals surface area contributed by atoms with E-state index in [4.69, 9.17) is 9.47 Å². The quantitative estimate of drug-likeness (QED) is 0.338. The summed E-state index contributed by atoms with van der Waals surface area (Å²) in [4.78, 5) is 43.1. The van der Waals surface area contributed by atoms with Crippen LogP contribution in [-0.4, -0.2) is 115 Å². The highest BCUT2D eigenvalue weighted by Gasteiger charge is 2.76. The molecule has 31 heavy (non-hydrogen) atoms. The summed E-state index contributed by atoms with van der Waals surface area (Å²) >= 11 is 3.61. The van der Waals surface area contributed by atoms with Gasteiger partial charge in [-0.1, -0.05) is 15.9 Å². The van der Waals surface area contributed by atoms with Gasteiger partial charge in [0.1, 0.15) is 11.6 Å². The normalized spacial score (nSPS) is 37.2. The summed E-state index contributed by atoms with van der Waals surface area (Å²) in [7, 11) is 1.54.